The molecule has 114 valence electrons. The number of nitrogens with one attached hydrogen (secondary N) is 1. The summed E-state index contributed by atoms with van der Waals surface area (Å²) in [4.78, 5) is 5.19. The third-order valence-electron chi connectivity index (χ3n) is 3.86. The monoisotopic (exact) mass is 295 g/mol. The van der Waals surface area contributed by atoms with Gasteiger partial charge in [-0.3, -0.25) is 4.90 Å². The van der Waals surface area contributed by atoms with Crippen LogP contribution in [0.25, 0.3) is 0 Å². The largest absolute Gasteiger partial charge is 0.315 e. The Labute approximate surface area is 128 Å². The fraction of sp³-hybridized carbons (Fsp3) is 0.750. The number of nitrogens with zero attached hydrogens (tertiary/aromatic N) is 2. The van der Waals surface area contributed by atoms with E-state index in [1.807, 2.05) is 0 Å². The standard InChI is InChI=1S/C16H29N3S/c1-15(2)13-19-10-8-18(9-11-19)7-6-17-5-3-16-4-12-20-14-16/h4,12,14-15,17H,3,5-11,13H2,1-2H3. The van der Waals surface area contributed by atoms with Gasteiger partial charge in [-0.2, -0.15) is 11.3 Å². The van der Waals surface area contributed by atoms with Crippen molar-refractivity contribution in [2.45, 2.75) is 20.3 Å². The van der Waals surface area contributed by atoms with Gasteiger partial charge in [0.2, 0.25) is 0 Å². The second-order valence-electron chi connectivity index (χ2n) is 6.17. The molecule has 0 aliphatic carbocycles. The molecule has 0 bridgehead atoms. The molecule has 3 nitrogen and oxygen atoms in total. The molecule has 20 heavy (non-hydrogen) atoms. The molecule has 1 aromatic rings. The van der Waals surface area contributed by atoms with E-state index in [1.54, 1.807) is 11.3 Å². The number of piperazine rings is 1. The van der Waals surface area contributed by atoms with E-state index in [4.69, 9.17) is 0 Å². The second-order valence-corrected chi connectivity index (χ2v) is 6.95. The molecule has 0 radical (unpaired) electrons. The van der Waals surface area contributed by atoms with Crippen molar-refractivity contribution in [3.05, 3.63) is 22.4 Å². The van der Waals surface area contributed by atoms with Crippen molar-refractivity contribution >= 4 is 11.3 Å². The minimum atomic E-state index is 0.792. The minimum absolute atomic E-state index is 0.792. The van der Waals surface area contributed by atoms with Crippen LogP contribution in [0.1, 0.15) is 19.4 Å². The zero-order valence-electron chi connectivity index (χ0n) is 13.0. The summed E-state index contributed by atoms with van der Waals surface area (Å²) in [5.74, 6) is 0.792. The molecule has 1 aliphatic heterocycles. The summed E-state index contributed by atoms with van der Waals surface area (Å²) >= 11 is 1.79. The Balaban J connectivity index is 1.49. The maximum absolute atomic E-state index is 3.56. The summed E-state index contributed by atoms with van der Waals surface area (Å²) in [6.45, 7) is 14.2. The lowest BCUT2D eigenvalue weighted by Gasteiger charge is -2.35. The fourth-order valence-corrected chi connectivity index (χ4v) is 3.44. The quantitative estimate of drug-likeness (QED) is 0.742. The van der Waals surface area contributed by atoms with Gasteiger partial charge in [-0.05, 0) is 41.3 Å². The van der Waals surface area contributed by atoms with Crippen LogP contribution in [-0.4, -0.2) is 62.2 Å². The average Bonchev–Trinajstić information content (AvgIpc) is 2.93. The third kappa shape index (κ3) is 5.92. The summed E-state index contributed by atoms with van der Waals surface area (Å²) in [6, 6.07) is 2.22. The molecule has 0 atom stereocenters. The van der Waals surface area contributed by atoms with Crippen LogP contribution in [0.3, 0.4) is 0 Å². The number of hydrogen-bond donors (Lipinski definition) is 1. The highest BCUT2D eigenvalue weighted by Crippen LogP contribution is 2.06. The highest BCUT2D eigenvalue weighted by atomic mass is 32.1. The molecule has 0 amide bonds. The Morgan fingerprint density at radius 3 is 2.55 bits per heavy atom. The molecule has 0 aromatic carbocycles. The van der Waals surface area contributed by atoms with E-state index in [9.17, 15) is 0 Å². The third-order valence-corrected chi connectivity index (χ3v) is 4.60. The van der Waals surface area contributed by atoms with Gasteiger partial charge < -0.3 is 10.2 Å². The second kappa shape index (κ2) is 8.78. The van der Waals surface area contributed by atoms with E-state index in [0.29, 0.717) is 0 Å². The van der Waals surface area contributed by atoms with E-state index in [0.717, 1.165) is 25.4 Å². The predicted octanol–water partition coefficient (Wildman–Crippen LogP) is 2.15. The molecule has 0 saturated carbocycles. The normalized spacial score (nSPS) is 17.9. The summed E-state index contributed by atoms with van der Waals surface area (Å²) in [5, 5.41) is 7.97. The van der Waals surface area contributed by atoms with Crippen LogP contribution in [0.15, 0.2) is 16.8 Å². The van der Waals surface area contributed by atoms with Crippen LogP contribution in [-0.2, 0) is 6.42 Å². The number of rotatable bonds is 8. The first-order valence-electron chi connectivity index (χ1n) is 7.90. The maximum Gasteiger partial charge on any atom is 0.0110 e. The zero-order valence-corrected chi connectivity index (χ0v) is 13.8. The van der Waals surface area contributed by atoms with Gasteiger partial charge in [0.25, 0.3) is 0 Å². The molecule has 4 heteroatoms. The van der Waals surface area contributed by atoms with E-state index in [2.05, 4.69) is 45.8 Å². The van der Waals surface area contributed by atoms with Gasteiger partial charge in [-0.1, -0.05) is 13.8 Å². The highest BCUT2D eigenvalue weighted by Gasteiger charge is 2.16. The van der Waals surface area contributed by atoms with Gasteiger partial charge in [0, 0.05) is 45.8 Å². The minimum Gasteiger partial charge on any atom is -0.315 e. The first-order valence-corrected chi connectivity index (χ1v) is 8.85. The SMILES string of the molecule is CC(C)CN1CCN(CCNCCc2ccsc2)CC1. The Kier molecular flexibility index (Phi) is 7.00. The zero-order chi connectivity index (χ0) is 14.2. The first-order chi connectivity index (χ1) is 9.74. The smallest absolute Gasteiger partial charge is 0.0110 e. The summed E-state index contributed by atoms with van der Waals surface area (Å²) < 4.78 is 0. The molecule has 2 rings (SSSR count). The van der Waals surface area contributed by atoms with Crippen LogP contribution in [0.5, 0.6) is 0 Å². The molecule has 1 aromatic heterocycles. The Hall–Kier alpha value is -0.420. The molecule has 0 unspecified atom stereocenters. The summed E-state index contributed by atoms with van der Waals surface area (Å²) in [6.07, 6.45) is 1.16. The van der Waals surface area contributed by atoms with Gasteiger partial charge in [-0.15, -0.1) is 0 Å². The van der Waals surface area contributed by atoms with Gasteiger partial charge in [0.15, 0.2) is 0 Å². The van der Waals surface area contributed by atoms with Crippen LogP contribution in [0.2, 0.25) is 0 Å². The Morgan fingerprint density at radius 1 is 1.15 bits per heavy atom. The van der Waals surface area contributed by atoms with Crippen molar-refractivity contribution in [1.29, 1.82) is 0 Å². The molecule has 1 fully saturated rings. The lowest BCUT2D eigenvalue weighted by molar-refractivity contribution is 0.123. The Bertz CT molecular complexity index is 343. The molecule has 1 aliphatic rings. The van der Waals surface area contributed by atoms with E-state index in [-0.39, 0.29) is 0 Å². The van der Waals surface area contributed by atoms with Crippen molar-refractivity contribution in [3.63, 3.8) is 0 Å². The van der Waals surface area contributed by atoms with E-state index in [1.165, 1.54) is 44.8 Å². The molecule has 1 N–H and O–H groups in total. The number of thiophene rings is 1. The molecular weight excluding hydrogens is 266 g/mol. The van der Waals surface area contributed by atoms with E-state index < -0.39 is 0 Å². The van der Waals surface area contributed by atoms with Crippen molar-refractivity contribution in [1.82, 2.24) is 15.1 Å². The van der Waals surface area contributed by atoms with E-state index >= 15 is 0 Å². The van der Waals surface area contributed by atoms with Gasteiger partial charge in [0.05, 0.1) is 0 Å². The van der Waals surface area contributed by atoms with Gasteiger partial charge in [-0.25, -0.2) is 0 Å². The predicted molar refractivity (Wildman–Crippen MR) is 88.6 cm³/mol. The maximum atomic E-state index is 3.56. The van der Waals surface area contributed by atoms with Crippen LogP contribution < -0.4 is 5.32 Å². The van der Waals surface area contributed by atoms with Gasteiger partial charge in [0.1, 0.15) is 0 Å². The van der Waals surface area contributed by atoms with Crippen molar-refractivity contribution < 1.29 is 0 Å². The van der Waals surface area contributed by atoms with Crippen LogP contribution in [0.4, 0.5) is 0 Å². The van der Waals surface area contributed by atoms with Crippen LogP contribution >= 0.6 is 11.3 Å². The van der Waals surface area contributed by atoms with Crippen LogP contribution in [0, 0.1) is 5.92 Å². The highest BCUT2D eigenvalue weighted by molar-refractivity contribution is 7.07. The lowest BCUT2D eigenvalue weighted by atomic mass is 10.2. The average molecular weight is 295 g/mol. The summed E-state index contributed by atoms with van der Waals surface area (Å²) in [7, 11) is 0. The van der Waals surface area contributed by atoms with Crippen molar-refractivity contribution in [2.24, 2.45) is 5.92 Å². The lowest BCUT2D eigenvalue weighted by Crippen LogP contribution is -2.48. The molecular formula is C16H29N3S. The summed E-state index contributed by atoms with van der Waals surface area (Å²) in [5.41, 5.74) is 1.46. The molecule has 1 saturated heterocycles. The molecule has 2 heterocycles. The van der Waals surface area contributed by atoms with Gasteiger partial charge >= 0.3 is 0 Å². The number of hydrogen-bond acceptors (Lipinski definition) is 4. The topological polar surface area (TPSA) is 18.5 Å². The van der Waals surface area contributed by atoms with Crippen molar-refractivity contribution in [2.75, 3.05) is 52.4 Å². The fourth-order valence-electron chi connectivity index (χ4n) is 2.74. The molecule has 0 spiro atoms. The first kappa shape index (κ1) is 16.0. The Morgan fingerprint density at radius 2 is 1.90 bits per heavy atom. The van der Waals surface area contributed by atoms with Crippen molar-refractivity contribution in [3.8, 4) is 0 Å².